The van der Waals surface area contributed by atoms with E-state index in [1.807, 2.05) is 24.3 Å². The summed E-state index contributed by atoms with van der Waals surface area (Å²) in [5, 5.41) is 0.738. The maximum atomic E-state index is 5.73. The zero-order valence-corrected chi connectivity index (χ0v) is 8.27. The molecule has 0 aromatic heterocycles. The minimum atomic E-state index is 0.681. The quantitative estimate of drug-likeness (QED) is 0.563. The second-order valence-electron chi connectivity index (χ2n) is 2.55. The van der Waals surface area contributed by atoms with E-state index in [4.69, 9.17) is 16.3 Å². The number of rotatable bonds is 5. The monoisotopic (exact) mass is 200 g/mol. The molecule has 0 aliphatic heterocycles. The summed E-state index contributed by atoms with van der Waals surface area (Å²) in [4.78, 5) is 0. The Morgan fingerprint density at radius 2 is 2.00 bits per heavy atom. The highest BCUT2D eigenvalue weighted by Crippen LogP contribution is 2.12. The first-order chi connectivity index (χ1) is 6.33. The molecule has 0 heterocycles. The van der Waals surface area contributed by atoms with Gasteiger partial charge in [-0.3, -0.25) is 0 Å². The highest BCUT2D eigenvalue weighted by molar-refractivity contribution is 6.30. The summed E-state index contributed by atoms with van der Waals surface area (Å²) in [5.41, 5.74) is 7.01. The van der Waals surface area contributed by atoms with Crippen molar-refractivity contribution in [3.63, 3.8) is 0 Å². The average molecular weight is 201 g/mol. The number of hydrazine groups is 1. The van der Waals surface area contributed by atoms with Crippen LogP contribution in [0.25, 0.3) is 0 Å². The van der Waals surface area contributed by atoms with Gasteiger partial charge in [-0.1, -0.05) is 11.6 Å². The zero-order valence-electron chi connectivity index (χ0n) is 7.51. The number of ether oxygens (including phenoxy) is 1. The molecule has 0 saturated carbocycles. The number of halogens is 1. The van der Waals surface area contributed by atoms with Crippen molar-refractivity contribution in [2.45, 2.75) is 0 Å². The molecular formula is C9H13ClN2O. The van der Waals surface area contributed by atoms with Crippen LogP contribution in [-0.4, -0.2) is 20.3 Å². The number of methoxy groups -OCH3 is 1. The van der Waals surface area contributed by atoms with Crippen LogP contribution in [0.2, 0.25) is 5.02 Å². The molecule has 0 unspecified atom stereocenters. The minimum absolute atomic E-state index is 0.681. The molecule has 3 nitrogen and oxygen atoms in total. The van der Waals surface area contributed by atoms with Crippen LogP contribution < -0.4 is 10.9 Å². The van der Waals surface area contributed by atoms with Crippen molar-refractivity contribution < 1.29 is 4.74 Å². The number of hydrogen-bond acceptors (Lipinski definition) is 3. The lowest BCUT2D eigenvalue weighted by Gasteiger charge is -2.07. The lowest BCUT2D eigenvalue weighted by Crippen LogP contribution is -2.25. The van der Waals surface area contributed by atoms with E-state index >= 15 is 0 Å². The molecule has 1 aromatic carbocycles. The van der Waals surface area contributed by atoms with Gasteiger partial charge in [0.1, 0.15) is 0 Å². The van der Waals surface area contributed by atoms with Crippen molar-refractivity contribution in [2.24, 2.45) is 0 Å². The van der Waals surface area contributed by atoms with Crippen LogP contribution in [0.3, 0.4) is 0 Å². The van der Waals surface area contributed by atoms with Gasteiger partial charge in [-0.05, 0) is 24.3 Å². The molecule has 0 fully saturated rings. The molecule has 0 atom stereocenters. The standard InChI is InChI=1S/C9H13ClN2O/c1-13-7-6-11-12-9-4-2-8(10)3-5-9/h2-5,11-12H,6-7H2,1H3. The fourth-order valence-corrected chi connectivity index (χ4v) is 0.977. The van der Waals surface area contributed by atoms with Crippen LogP contribution >= 0.6 is 11.6 Å². The predicted molar refractivity (Wildman–Crippen MR) is 55.0 cm³/mol. The van der Waals surface area contributed by atoms with E-state index in [9.17, 15) is 0 Å². The number of benzene rings is 1. The van der Waals surface area contributed by atoms with Gasteiger partial charge in [-0.2, -0.15) is 0 Å². The molecule has 4 heteroatoms. The van der Waals surface area contributed by atoms with Crippen molar-refractivity contribution in [1.29, 1.82) is 0 Å². The van der Waals surface area contributed by atoms with Crippen LogP contribution in [-0.2, 0) is 4.74 Å². The van der Waals surface area contributed by atoms with Crippen molar-refractivity contribution in [3.8, 4) is 0 Å². The fourth-order valence-electron chi connectivity index (χ4n) is 0.851. The van der Waals surface area contributed by atoms with Gasteiger partial charge in [0.05, 0.1) is 6.61 Å². The van der Waals surface area contributed by atoms with E-state index in [2.05, 4.69) is 10.9 Å². The second-order valence-corrected chi connectivity index (χ2v) is 2.99. The molecule has 0 saturated heterocycles. The van der Waals surface area contributed by atoms with Gasteiger partial charge in [-0.15, -0.1) is 0 Å². The second kappa shape index (κ2) is 5.80. The summed E-state index contributed by atoms with van der Waals surface area (Å²) in [6.45, 7) is 1.44. The lowest BCUT2D eigenvalue weighted by molar-refractivity contribution is 0.201. The first kappa shape index (κ1) is 10.3. The van der Waals surface area contributed by atoms with Crippen molar-refractivity contribution >= 4 is 17.3 Å². The summed E-state index contributed by atoms with van der Waals surface area (Å²) >= 11 is 5.73. The minimum Gasteiger partial charge on any atom is -0.383 e. The number of anilines is 1. The lowest BCUT2D eigenvalue weighted by atomic mass is 10.3. The molecule has 1 rings (SSSR count). The highest BCUT2D eigenvalue weighted by Gasteiger charge is 1.90. The first-order valence-corrected chi connectivity index (χ1v) is 4.44. The summed E-state index contributed by atoms with van der Waals surface area (Å²) in [5.74, 6) is 0. The van der Waals surface area contributed by atoms with E-state index in [0.29, 0.717) is 6.61 Å². The van der Waals surface area contributed by atoms with Gasteiger partial charge in [-0.25, -0.2) is 5.43 Å². The SMILES string of the molecule is COCCNNc1ccc(Cl)cc1. The molecule has 0 radical (unpaired) electrons. The summed E-state index contributed by atoms with van der Waals surface area (Å²) in [6, 6.07) is 7.48. The van der Waals surface area contributed by atoms with Gasteiger partial charge in [0.25, 0.3) is 0 Å². The zero-order chi connectivity index (χ0) is 9.52. The van der Waals surface area contributed by atoms with Crippen LogP contribution in [0, 0.1) is 0 Å². The van der Waals surface area contributed by atoms with E-state index in [1.165, 1.54) is 0 Å². The fraction of sp³-hybridized carbons (Fsp3) is 0.333. The molecule has 0 amide bonds. The van der Waals surface area contributed by atoms with Crippen molar-refractivity contribution in [1.82, 2.24) is 5.43 Å². The molecule has 2 N–H and O–H groups in total. The third kappa shape index (κ3) is 4.12. The molecule has 1 aromatic rings. The Kier molecular flexibility index (Phi) is 4.60. The molecule has 0 spiro atoms. The maximum Gasteiger partial charge on any atom is 0.0605 e. The first-order valence-electron chi connectivity index (χ1n) is 4.06. The van der Waals surface area contributed by atoms with Crippen LogP contribution in [0.15, 0.2) is 24.3 Å². The summed E-state index contributed by atoms with van der Waals surface area (Å²) in [7, 11) is 1.67. The van der Waals surface area contributed by atoms with Crippen LogP contribution in [0.4, 0.5) is 5.69 Å². The van der Waals surface area contributed by atoms with Crippen LogP contribution in [0.5, 0.6) is 0 Å². The van der Waals surface area contributed by atoms with E-state index in [-0.39, 0.29) is 0 Å². The molecule has 0 aliphatic rings. The number of nitrogens with one attached hydrogen (secondary N) is 2. The largest absolute Gasteiger partial charge is 0.383 e. The van der Waals surface area contributed by atoms with Gasteiger partial charge in [0, 0.05) is 24.4 Å². The third-order valence-electron chi connectivity index (χ3n) is 1.51. The van der Waals surface area contributed by atoms with E-state index < -0.39 is 0 Å². The maximum absolute atomic E-state index is 5.73. The smallest absolute Gasteiger partial charge is 0.0605 e. The molecule has 13 heavy (non-hydrogen) atoms. The van der Waals surface area contributed by atoms with Crippen molar-refractivity contribution in [3.05, 3.63) is 29.3 Å². The average Bonchev–Trinajstić information content (AvgIpc) is 2.15. The van der Waals surface area contributed by atoms with Gasteiger partial charge < -0.3 is 10.2 Å². The molecular weight excluding hydrogens is 188 g/mol. The third-order valence-corrected chi connectivity index (χ3v) is 1.76. The highest BCUT2D eigenvalue weighted by atomic mass is 35.5. The van der Waals surface area contributed by atoms with Gasteiger partial charge in [0.2, 0.25) is 0 Å². The van der Waals surface area contributed by atoms with Gasteiger partial charge >= 0.3 is 0 Å². The Balaban J connectivity index is 2.25. The Hall–Kier alpha value is -0.770. The van der Waals surface area contributed by atoms with Crippen molar-refractivity contribution in [2.75, 3.05) is 25.7 Å². The van der Waals surface area contributed by atoms with Crippen LogP contribution in [0.1, 0.15) is 0 Å². The Labute approximate surface area is 83.0 Å². The Morgan fingerprint density at radius 1 is 1.31 bits per heavy atom. The Morgan fingerprint density at radius 3 is 2.62 bits per heavy atom. The summed E-state index contributed by atoms with van der Waals surface area (Å²) < 4.78 is 4.88. The molecule has 0 aliphatic carbocycles. The molecule has 72 valence electrons. The van der Waals surface area contributed by atoms with Gasteiger partial charge in [0.15, 0.2) is 0 Å². The summed E-state index contributed by atoms with van der Waals surface area (Å²) in [6.07, 6.45) is 0. The Bertz CT molecular complexity index is 238. The predicted octanol–water partition coefficient (Wildman–Crippen LogP) is 1.90. The molecule has 0 bridgehead atoms. The normalized spacial score (nSPS) is 10.0. The number of hydrogen-bond donors (Lipinski definition) is 2. The van der Waals surface area contributed by atoms with E-state index in [1.54, 1.807) is 7.11 Å². The van der Waals surface area contributed by atoms with E-state index in [0.717, 1.165) is 17.3 Å². The topological polar surface area (TPSA) is 33.3 Å².